The molecule has 1 aromatic carbocycles. The van der Waals surface area contributed by atoms with E-state index in [4.69, 9.17) is 23.2 Å². The predicted octanol–water partition coefficient (Wildman–Crippen LogP) is 3.93. The molecule has 0 bridgehead atoms. The van der Waals surface area contributed by atoms with Crippen LogP contribution < -0.4 is 5.32 Å². The first-order chi connectivity index (χ1) is 8.17. The van der Waals surface area contributed by atoms with Crippen molar-refractivity contribution in [2.45, 2.75) is 32.2 Å². The number of amides is 1. The van der Waals surface area contributed by atoms with E-state index in [9.17, 15) is 4.79 Å². The Kier molecular flexibility index (Phi) is 6.38. The Bertz CT molecular complexity index is 351. The maximum atomic E-state index is 11.6. The summed E-state index contributed by atoms with van der Waals surface area (Å²) >= 11 is 11.4. The minimum absolute atomic E-state index is 0.0486. The molecule has 1 N–H and O–H groups in total. The molecule has 2 nitrogen and oxygen atoms in total. The van der Waals surface area contributed by atoms with E-state index >= 15 is 0 Å². The molecule has 1 amide bonds. The lowest BCUT2D eigenvalue weighted by Crippen LogP contribution is -2.27. The molecule has 1 unspecified atom stereocenters. The molecule has 0 aromatic heterocycles. The van der Waals surface area contributed by atoms with Crippen molar-refractivity contribution < 1.29 is 4.79 Å². The largest absolute Gasteiger partial charge is 0.349 e. The third kappa shape index (κ3) is 4.97. The van der Waals surface area contributed by atoms with Gasteiger partial charge >= 0.3 is 0 Å². The average molecular weight is 274 g/mol. The molecule has 0 fully saturated rings. The molecule has 0 aliphatic carbocycles. The van der Waals surface area contributed by atoms with Crippen LogP contribution in [0.4, 0.5) is 0 Å². The van der Waals surface area contributed by atoms with Crippen molar-refractivity contribution in [1.82, 2.24) is 5.32 Å². The zero-order valence-electron chi connectivity index (χ0n) is 9.88. The maximum absolute atomic E-state index is 11.6. The van der Waals surface area contributed by atoms with Crippen LogP contribution in [0.25, 0.3) is 0 Å². The van der Waals surface area contributed by atoms with Crippen molar-refractivity contribution >= 4 is 29.1 Å². The van der Waals surface area contributed by atoms with Crippen molar-refractivity contribution in [2.24, 2.45) is 0 Å². The van der Waals surface area contributed by atoms with Crippen LogP contribution in [-0.4, -0.2) is 11.8 Å². The molecule has 0 radical (unpaired) electrons. The summed E-state index contributed by atoms with van der Waals surface area (Å²) in [5.41, 5.74) is 1.08. The summed E-state index contributed by atoms with van der Waals surface area (Å²) in [6.45, 7) is 2.04. The summed E-state index contributed by atoms with van der Waals surface area (Å²) in [5.74, 6) is 0.568. The van der Waals surface area contributed by atoms with Gasteiger partial charge in [-0.25, -0.2) is 0 Å². The van der Waals surface area contributed by atoms with Gasteiger partial charge in [-0.1, -0.05) is 30.7 Å². The number of hydrogen-bond donors (Lipinski definition) is 1. The van der Waals surface area contributed by atoms with Gasteiger partial charge in [0.15, 0.2) is 0 Å². The first-order valence-electron chi connectivity index (χ1n) is 5.78. The van der Waals surface area contributed by atoms with Gasteiger partial charge in [-0.3, -0.25) is 4.79 Å². The third-order valence-electron chi connectivity index (χ3n) is 2.55. The van der Waals surface area contributed by atoms with E-state index in [1.54, 1.807) is 0 Å². The number of carbonyl (C=O) groups excluding carboxylic acids is 1. The van der Waals surface area contributed by atoms with Crippen molar-refractivity contribution in [2.75, 3.05) is 5.88 Å². The summed E-state index contributed by atoms with van der Waals surface area (Å²) in [7, 11) is 0. The van der Waals surface area contributed by atoms with Gasteiger partial charge in [0.25, 0.3) is 0 Å². The summed E-state index contributed by atoms with van der Waals surface area (Å²) in [6.07, 6.45) is 2.05. The lowest BCUT2D eigenvalue weighted by Gasteiger charge is -2.17. The Morgan fingerprint density at radius 3 is 2.53 bits per heavy atom. The smallest absolute Gasteiger partial charge is 0.220 e. The molecule has 17 heavy (non-hydrogen) atoms. The number of halogens is 2. The summed E-state index contributed by atoms with van der Waals surface area (Å²) in [4.78, 5) is 11.6. The highest BCUT2D eigenvalue weighted by atomic mass is 35.5. The van der Waals surface area contributed by atoms with E-state index in [2.05, 4.69) is 5.32 Å². The lowest BCUT2D eigenvalue weighted by molar-refractivity contribution is -0.121. The second kappa shape index (κ2) is 7.57. The lowest BCUT2D eigenvalue weighted by atomic mass is 10.0. The van der Waals surface area contributed by atoms with Crippen LogP contribution in [-0.2, 0) is 4.79 Å². The van der Waals surface area contributed by atoms with Crippen LogP contribution in [0.3, 0.4) is 0 Å². The molecule has 1 rings (SSSR count). The van der Waals surface area contributed by atoms with Gasteiger partial charge in [-0.2, -0.15) is 0 Å². The van der Waals surface area contributed by atoms with Gasteiger partial charge in [0.05, 0.1) is 6.04 Å². The van der Waals surface area contributed by atoms with Gasteiger partial charge in [0.2, 0.25) is 5.91 Å². The Labute approximate surface area is 112 Å². The molecule has 0 saturated heterocycles. The number of nitrogens with one attached hydrogen (secondary N) is 1. The Hall–Kier alpha value is -0.730. The van der Waals surface area contributed by atoms with E-state index < -0.39 is 0 Å². The number of rotatable bonds is 6. The molecule has 0 aliphatic rings. The molecule has 1 atom stereocenters. The topological polar surface area (TPSA) is 29.1 Å². The zero-order valence-corrected chi connectivity index (χ0v) is 11.4. The molecule has 0 saturated carbocycles. The molecular formula is C13H17Cl2NO. The van der Waals surface area contributed by atoms with Crippen molar-refractivity contribution in [1.29, 1.82) is 0 Å². The summed E-state index contributed by atoms with van der Waals surface area (Å²) in [5, 5.41) is 3.70. The Balaban J connectivity index is 2.59. The van der Waals surface area contributed by atoms with E-state index in [-0.39, 0.29) is 11.9 Å². The standard InChI is InChI=1S/C13H17Cl2NO/c1-2-12(16-13(17)4-3-9-14)10-5-7-11(15)8-6-10/h5-8,12H,2-4,9H2,1H3,(H,16,17). The summed E-state index contributed by atoms with van der Waals surface area (Å²) < 4.78 is 0. The molecule has 0 spiro atoms. The van der Waals surface area contributed by atoms with Crippen LogP contribution in [0.5, 0.6) is 0 Å². The Morgan fingerprint density at radius 1 is 1.35 bits per heavy atom. The van der Waals surface area contributed by atoms with Gasteiger partial charge in [0.1, 0.15) is 0 Å². The highest BCUT2D eigenvalue weighted by Gasteiger charge is 2.11. The predicted molar refractivity (Wildman–Crippen MR) is 72.6 cm³/mol. The monoisotopic (exact) mass is 273 g/mol. The van der Waals surface area contributed by atoms with Gasteiger partial charge in [-0.15, -0.1) is 11.6 Å². The van der Waals surface area contributed by atoms with E-state index in [0.29, 0.717) is 23.7 Å². The number of benzene rings is 1. The number of hydrogen-bond acceptors (Lipinski definition) is 1. The number of carbonyl (C=O) groups is 1. The molecule has 4 heteroatoms. The van der Waals surface area contributed by atoms with E-state index in [1.807, 2.05) is 31.2 Å². The number of alkyl halides is 1. The van der Waals surface area contributed by atoms with E-state index in [1.165, 1.54) is 0 Å². The average Bonchev–Trinajstić information content (AvgIpc) is 2.34. The summed E-state index contributed by atoms with van der Waals surface area (Å²) in [6, 6.07) is 7.61. The van der Waals surface area contributed by atoms with Crippen molar-refractivity contribution in [3.05, 3.63) is 34.9 Å². The second-order valence-corrected chi connectivity index (χ2v) is 4.69. The first-order valence-corrected chi connectivity index (χ1v) is 6.69. The highest BCUT2D eigenvalue weighted by Crippen LogP contribution is 2.19. The van der Waals surface area contributed by atoms with E-state index in [0.717, 1.165) is 12.0 Å². The fourth-order valence-corrected chi connectivity index (χ4v) is 1.87. The fraction of sp³-hybridized carbons (Fsp3) is 0.462. The Morgan fingerprint density at radius 2 is 2.00 bits per heavy atom. The van der Waals surface area contributed by atoms with Crippen LogP contribution in [0.15, 0.2) is 24.3 Å². The minimum atomic E-state index is 0.0486. The molecule has 0 aliphatic heterocycles. The molecular weight excluding hydrogens is 257 g/mol. The van der Waals surface area contributed by atoms with Gasteiger partial charge < -0.3 is 5.32 Å². The van der Waals surface area contributed by atoms with Crippen molar-refractivity contribution in [3.63, 3.8) is 0 Å². The molecule has 1 aromatic rings. The second-order valence-electron chi connectivity index (χ2n) is 3.87. The first kappa shape index (κ1) is 14.3. The van der Waals surface area contributed by atoms with Gasteiger partial charge in [0, 0.05) is 17.3 Å². The minimum Gasteiger partial charge on any atom is -0.349 e. The van der Waals surface area contributed by atoms with Crippen molar-refractivity contribution in [3.8, 4) is 0 Å². The molecule has 0 heterocycles. The van der Waals surface area contributed by atoms with Crippen LogP contribution in [0, 0.1) is 0 Å². The molecule has 94 valence electrons. The third-order valence-corrected chi connectivity index (χ3v) is 3.07. The quantitative estimate of drug-likeness (QED) is 0.782. The van der Waals surface area contributed by atoms with Crippen LogP contribution >= 0.6 is 23.2 Å². The van der Waals surface area contributed by atoms with Crippen LogP contribution in [0.1, 0.15) is 37.8 Å². The van der Waals surface area contributed by atoms with Gasteiger partial charge in [-0.05, 0) is 30.5 Å². The fourth-order valence-electron chi connectivity index (χ4n) is 1.61. The zero-order chi connectivity index (χ0) is 12.7. The maximum Gasteiger partial charge on any atom is 0.220 e. The normalized spacial score (nSPS) is 12.2. The van der Waals surface area contributed by atoms with Crippen LogP contribution in [0.2, 0.25) is 5.02 Å². The highest BCUT2D eigenvalue weighted by molar-refractivity contribution is 6.30. The SMILES string of the molecule is CCC(NC(=O)CCCCl)c1ccc(Cl)cc1.